The fourth-order valence-corrected chi connectivity index (χ4v) is 2.13. The maximum Gasteiger partial charge on any atom is 0.0595 e. The Labute approximate surface area is 99.3 Å². The van der Waals surface area contributed by atoms with E-state index in [2.05, 4.69) is 0 Å². The summed E-state index contributed by atoms with van der Waals surface area (Å²) in [5, 5.41) is 1.13. The molecule has 0 radical (unpaired) electrons. The van der Waals surface area contributed by atoms with E-state index in [1.54, 1.807) is 6.07 Å². The molecule has 2 nitrogen and oxygen atoms in total. The Kier molecular flexibility index (Phi) is 3.21. The number of ether oxygens (including phenoxy) is 1. The first-order valence-electron chi connectivity index (χ1n) is 4.94. The predicted octanol–water partition coefficient (Wildman–Crippen LogP) is 2.96. The second-order valence-corrected chi connectivity index (χ2v) is 4.71. The van der Waals surface area contributed by atoms with Gasteiger partial charge in [-0.2, -0.15) is 0 Å². The van der Waals surface area contributed by atoms with Gasteiger partial charge in [0.25, 0.3) is 0 Å². The van der Waals surface area contributed by atoms with E-state index in [0.29, 0.717) is 23.3 Å². The van der Waals surface area contributed by atoms with Crippen LogP contribution in [0.15, 0.2) is 18.2 Å². The summed E-state index contributed by atoms with van der Waals surface area (Å²) in [7, 11) is 0. The van der Waals surface area contributed by atoms with Gasteiger partial charge in [0.2, 0.25) is 0 Å². The highest BCUT2D eigenvalue weighted by molar-refractivity contribution is 6.42. The van der Waals surface area contributed by atoms with Gasteiger partial charge in [-0.3, -0.25) is 0 Å². The van der Waals surface area contributed by atoms with Crippen molar-refractivity contribution in [3.05, 3.63) is 33.8 Å². The molecule has 2 N–H and O–H groups in total. The van der Waals surface area contributed by atoms with Gasteiger partial charge in [-0.05, 0) is 30.5 Å². The summed E-state index contributed by atoms with van der Waals surface area (Å²) in [6, 6.07) is 5.60. The van der Waals surface area contributed by atoms with Crippen molar-refractivity contribution in [1.82, 2.24) is 0 Å². The Morgan fingerprint density at radius 3 is 2.40 bits per heavy atom. The normalized spacial score (nSPS) is 20.2. The molecule has 0 atom stereocenters. The Hall–Kier alpha value is -0.280. The van der Waals surface area contributed by atoms with E-state index in [0.717, 1.165) is 18.4 Å². The van der Waals surface area contributed by atoms with Gasteiger partial charge in [-0.25, -0.2) is 0 Å². The van der Waals surface area contributed by atoms with Gasteiger partial charge in [0, 0.05) is 18.8 Å². The molecule has 0 aliphatic carbocycles. The van der Waals surface area contributed by atoms with Gasteiger partial charge < -0.3 is 10.5 Å². The molecule has 0 aromatic heterocycles. The van der Waals surface area contributed by atoms with Crippen LogP contribution in [-0.2, 0) is 10.3 Å². The molecule has 1 fully saturated rings. The van der Waals surface area contributed by atoms with Gasteiger partial charge >= 0.3 is 0 Å². The summed E-state index contributed by atoms with van der Waals surface area (Å²) in [6.45, 7) is 1.41. The van der Waals surface area contributed by atoms with Crippen LogP contribution >= 0.6 is 23.2 Å². The third-order valence-electron chi connectivity index (χ3n) is 2.88. The largest absolute Gasteiger partial charge is 0.381 e. The van der Waals surface area contributed by atoms with Gasteiger partial charge in [0.05, 0.1) is 10.0 Å². The average Bonchev–Trinajstić information content (AvgIpc) is 2.23. The Morgan fingerprint density at radius 1 is 1.13 bits per heavy atom. The molecule has 0 bridgehead atoms. The number of hydrogen-bond acceptors (Lipinski definition) is 2. The zero-order valence-corrected chi connectivity index (χ0v) is 9.81. The van der Waals surface area contributed by atoms with Crippen molar-refractivity contribution >= 4 is 23.2 Å². The van der Waals surface area contributed by atoms with Gasteiger partial charge in [-0.15, -0.1) is 0 Å². The van der Waals surface area contributed by atoms with Gasteiger partial charge in [0.1, 0.15) is 0 Å². The van der Waals surface area contributed by atoms with Crippen LogP contribution in [0, 0.1) is 0 Å². The summed E-state index contributed by atoms with van der Waals surface area (Å²) >= 11 is 11.8. The number of rotatable bonds is 1. The van der Waals surface area contributed by atoms with E-state index in [1.165, 1.54) is 0 Å². The summed E-state index contributed by atoms with van der Waals surface area (Å²) in [5.74, 6) is 0. The van der Waals surface area contributed by atoms with Gasteiger partial charge in [-0.1, -0.05) is 29.3 Å². The first-order chi connectivity index (χ1) is 7.12. The fourth-order valence-electron chi connectivity index (χ4n) is 1.83. The third kappa shape index (κ3) is 2.28. The third-order valence-corrected chi connectivity index (χ3v) is 3.62. The van der Waals surface area contributed by atoms with E-state index in [9.17, 15) is 0 Å². The summed E-state index contributed by atoms with van der Waals surface area (Å²) in [6.07, 6.45) is 1.65. The molecular weight excluding hydrogens is 233 g/mol. The molecule has 2 rings (SSSR count). The molecule has 0 unspecified atom stereocenters. The zero-order chi connectivity index (χ0) is 10.9. The average molecular weight is 246 g/mol. The van der Waals surface area contributed by atoms with Crippen LogP contribution in [0.4, 0.5) is 0 Å². The van der Waals surface area contributed by atoms with Crippen molar-refractivity contribution in [1.29, 1.82) is 0 Å². The molecule has 0 saturated carbocycles. The lowest BCUT2D eigenvalue weighted by molar-refractivity contribution is 0.0522. The quantitative estimate of drug-likeness (QED) is 0.826. The molecule has 1 aromatic rings. The maximum absolute atomic E-state index is 6.32. The molecule has 1 saturated heterocycles. The molecule has 82 valence electrons. The summed E-state index contributed by atoms with van der Waals surface area (Å²) in [5.41, 5.74) is 7.05. The number of benzene rings is 1. The van der Waals surface area contributed by atoms with Crippen LogP contribution in [0.2, 0.25) is 10.0 Å². The highest BCUT2D eigenvalue weighted by atomic mass is 35.5. The second kappa shape index (κ2) is 4.30. The van der Waals surface area contributed by atoms with Crippen LogP contribution < -0.4 is 5.73 Å². The molecule has 1 heterocycles. The summed E-state index contributed by atoms with van der Waals surface area (Å²) in [4.78, 5) is 0. The van der Waals surface area contributed by atoms with Crippen molar-refractivity contribution in [2.75, 3.05) is 13.2 Å². The van der Waals surface area contributed by atoms with Crippen LogP contribution in [0.1, 0.15) is 18.4 Å². The second-order valence-electron chi connectivity index (χ2n) is 3.90. The van der Waals surface area contributed by atoms with Crippen molar-refractivity contribution in [3.8, 4) is 0 Å². The lowest BCUT2D eigenvalue weighted by Crippen LogP contribution is -2.42. The van der Waals surface area contributed by atoms with Crippen molar-refractivity contribution in [2.45, 2.75) is 18.4 Å². The van der Waals surface area contributed by atoms with Crippen LogP contribution in [0.3, 0.4) is 0 Å². The lowest BCUT2D eigenvalue weighted by atomic mass is 9.84. The monoisotopic (exact) mass is 245 g/mol. The predicted molar refractivity (Wildman–Crippen MR) is 62.4 cm³/mol. The molecule has 0 spiro atoms. The van der Waals surface area contributed by atoms with E-state index in [4.69, 9.17) is 33.7 Å². The number of hydrogen-bond donors (Lipinski definition) is 1. The minimum atomic E-state index is -0.313. The van der Waals surface area contributed by atoms with E-state index in [-0.39, 0.29) is 5.54 Å². The van der Waals surface area contributed by atoms with E-state index < -0.39 is 0 Å². The highest BCUT2D eigenvalue weighted by Gasteiger charge is 2.30. The van der Waals surface area contributed by atoms with Crippen molar-refractivity contribution < 1.29 is 4.74 Å². The molecule has 1 aliphatic heterocycles. The molecular formula is C11H13Cl2NO. The molecule has 1 aromatic carbocycles. The van der Waals surface area contributed by atoms with Crippen molar-refractivity contribution in [3.63, 3.8) is 0 Å². The summed E-state index contributed by atoms with van der Waals surface area (Å²) < 4.78 is 5.30. The maximum atomic E-state index is 6.32. The SMILES string of the molecule is NC1(c2ccc(Cl)c(Cl)c2)CCOCC1. The molecule has 1 aliphatic rings. The van der Waals surface area contributed by atoms with Crippen LogP contribution in [0.5, 0.6) is 0 Å². The van der Waals surface area contributed by atoms with E-state index in [1.807, 2.05) is 12.1 Å². The minimum Gasteiger partial charge on any atom is -0.381 e. The van der Waals surface area contributed by atoms with Crippen molar-refractivity contribution in [2.24, 2.45) is 5.73 Å². The number of halogens is 2. The highest BCUT2D eigenvalue weighted by Crippen LogP contribution is 2.33. The van der Waals surface area contributed by atoms with Crippen LogP contribution in [0.25, 0.3) is 0 Å². The first kappa shape index (κ1) is 11.2. The lowest BCUT2D eigenvalue weighted by Gasteiger charge is -2.34. The minimum absolute atomic E-state index is 0.313. The standard InChI is InChI=1S/C11H13Cl2NO/c12-9-2-1-8(7-10(9)13)11(14)3-5-15-6-4-11/h1-2,7H,3-6,14H2. The molecule has 15 heavy (non-hydrogen) atoms. The smallest absolute Gasteiger partial charge is 0.0595 e. The molecule has 0 amide bonds. The zero-order valence-electron chi connectivity index (χ0n) is 8.30. The van der Waals surface area contributed by atoms with E-state index >= 15 is 0 Å². The Balaban J connectivity index is 2.31. The Bertz CT molecular complexity index is 362. The Morgan fingerprint density at radius 2 is 1.80 bits per heavy atom. The van der Waals surface area contributed by atoms with Crippen LogP contribution in [-0.4, -0.2) is 13.2 Å². The molecule has 4 heteroatoms. The number of nitrogens with two attached hydrogens (primary N) is 1. The first-order valence-corrected chi connectivity index (χ1v) is 5.70. The topological polar surface area (TPSA) is 35.2 Å². The fraction of sp³-hybridized carbons (Fsp3) is 0.455. The van der Waals surface area contributed by atoms with Gasteiger partial charge in [0.15, 0.2) is 0 Å².